The van der Waals surface area contributed by atoms with Gasteiger partial charge in [-0.3, -0.25) is 14.6 Å². The molecule has 300 valence electrons. The molecule has 1 aliphatic carbocycles. The number of carbonyl (C=O) groups excluding carboxylic acids is 2. The van der Waals surface area contributed by atoms with Crippen molar-refractivity contribution in [3.63, 3.8) is 0 Å². The van der Waals surface area contributed by atoms with Crippen molar-refractivity contribution in [3.8, 4) is 5.75 Å². The number of ether oxygens (including phenoxy) is 3. The molecule has 10 atom stereocenters. The standard InChI is InChI=1S/C44H56N4O8/c1-7-40(52)22-26-23-43(38(50)55-5,34-28(14-18-47(24-26)25-40)27-12-9-10-13-31(27)45-34)30-20-29-32(21-33(30)54-4)46(3)36-42(29)16-19-48-17-11-15-41(8-2,35(42)48)37(49)44(36,53)39(51)56-6/h9-13,15,20-21,26,35-37,45,49,52-53H,7-8,14,16-19,22-25H2,1-6H3/t26-,35?,36?,37+,40-,41+,42?,43-,44-/m0/s1. The number of nitrogens with zero attached hydrogens (tertiary/aromatic N) is 3. The summed E-state index contributed by atoms with van der Waals surface area (Å²) >= 11 is 0. The third-order valence-corrected chi connectivity index (χ3v) is 15.4. The van der Waals surface area contributed by atoms with Crippen molar-refractivity contribution in [3.05, 3.63) is 70.9 Å². The van der Waals surface area contributed by atoms with E-state index in [9.17, 15) is 20.1 Å². The first-order chi connectivity index (χ1) is 26.8. The number of para-hydroxylation sites is 1. The zero-order chi connectivity index (χ0) is 39.6. The van der Waals surface area contributed by atoms with Crippen molar-refractivity contribution >= 4 is 28.5 Å². The van der Waals surface area contributed by atoms with Crippen molar-refractivity contribution in [2.75, 3.05) is 66.0 Å². The summed E-state index contributed by atoms with van der Waals surface area (Å²) in [6.45, 7) is 7.41. The fourth-order valence-corrected chi connectivity index (χ4v) is 13.2. The van der Waals surface area contributed by atoms with Crippen LogP contribution in [0.15, 0.2) is 48.6 Å². The number of piperidine rings is 1. The lowest BCUT2D eigenvalue weighted by Gasteiger charge is -2.63. The number of methoxy groups -OCH3 is 3. The molecule has 9 rings (SSSR count). The van der Waals surface area contributed by atoms with Gasteiger partial charge in [0.2, 0.25) is 5.60 Å². The van der Waals surface area contributed by atoms with E-state index in [1.165, 1.54) is 14.2 Å². The minimum Gasteiger partial charge on any atom is -0.496 e. The Morgan fingerprint density at radius 3 is 2.45 bits per heavy atom. The topological polar surface area (TPSA) is 148 Å². The summed E-state index contributed by atoms with van der Waals surface area (Å²) in [4.78, 5) is 39.7. The number of hydrogen-bond acceptors (Lipinski definition) is 11. The molecule has 0 amide bonds. The minimum absolute atomic E-state index is 0.0795. The first-order valence-electron chi connectivity index (χ1n) is 20.3. The van der Waals surface area contributed by atoms with E-state index in [1.807, 2.05) is 62.2 Å². The van der Waals surface area contributed by atoms with Crippen molar-refractivity contribution in [1.29, 1.82) is 0 Å². The van der Waals surface area contributed by atoms with Crippen LogP contribution in [0.3, 0.4) is 0 Å². The highest BCUT2D eigenvalue weighted by Crippen LogP contribution is 2.67. The van der Waals surface area contributed by atoms with Gasteiger partial charge in [-0.25, -0.2) is 4.79 Å². The number of likely N-dealkylation sites (N-methyl/N-ethyl adjacent to an activating group) is 1. The molecule has 5 aliphatic heterocycles. The van der Waals surface area contributed by atoms with Gasteiger partial charge in [0.1, 0.15) is 17.3 Å². The Morgan fingerprint density at radius 2 is 1.73 bits per heavy atom. The van der Waals surface area contributed by atoms with E-state index in [0.717, 1.165) is 46.5 Å². The predicted octanol–water partition coefficient (Wildman–Crippen LogP) is 3.42. The molecule has 6 heterocycles. The Labute approximate surface area is 328 Å². The molecule has 4 unspecified atom stereocenters. The van der Waals surface area contributed by atoms with Crippen LogP contribution in [0, 0.1) is 11.3 Å². The Balaban J connectivity index is 1.36. The second-order valence-electron chi connectivity index (χ2n) is 17.6. The normalized spacial score (nSPS) is 38.4. The molecule has 0 radical (unpaired) electrons. The number of aliphatic hydroxyl groups excluding tert-OH is 1. The Bertz CT molecular complexity index is 2140. The maximum absolute atomic E-state index is 15.2. The molecule has 3 fully saturated rings. The average molecular weight is 769 g/mol. The number of H-pyrrole nitrogens is 1. The van der Waals surface area contributed by atoms with E-state index >= 15 is 4.79 Å². The Kier molecular flexibility index (Phi) is 8.59. The zero-order valence-corrected chi connectivity index (χ0v) is 33.4. The van der Waals surface area contributed by atoms with Crippen LogP contribution < -0.4 is 9.64 Å². The second-order valence-corrected chi connectivity index (χ2v) is 17.6. The van der Waals surface area contributed by atoms with Gasteiger partial charge in [0, 0.05) is 84.0 Å². The molecular formula is C44H56N4O8. The molecule has 1 spiro atoms. The number of nitrogens with one attached hydrogen (secondary N) is 1. The third kappa shape index (κ3) is 4.59. The summed E-state index contributed by atoms with van der Waals surface area (Å²) in [6.07, 6.45) is 5.82. The van der Waals surface area contributed by atoms with Crippen molar-refractivity contribution in [1.82, 2.24) is 14.8 Å². The highest BCUT2D eigenvalue weighted by Gasteiger charge is 2.79. The van der Waals surface area contributed by atoms with Gasteiger partial charge in [-0.15, -0.1) is 0 Å². The zero-order valence-electron chi connectivity index (χ0n) is 33.4. The van der Waals surface area contributed by atoms with Crippen LogP contribution in [0.4, 0.5) is 5.69 Å². The van der Waals surface area contributed by atoms with Gasteiger partial charge < -0.3 is 39.4 Å². The quantitative estimate of drug-likeness (QED) is 0.216. The molecule has 12 heteroatoms. The first kappa shape index (κ1) is 37.6. The van der Waals surface area contributed by atoms with Gasteiger partial charge in [0.05, 0.1) is 33.0 Å². The largest absolute Gasteiger partial charge is 0.496 e. The van der Waals surface area contributed by atoms with E-state index < -0.39 is 51.5 Å². The van der Waals surface area contributed by atoms with Crippen LogP contribution in [0.1, 0.15) is 68.3 Å². The van der Waals surface area contributed by atoms with Crippen molar-refractivity contribution in [2.24, 2.45) is 11.3 Å². The fourth-order valence-electron chi connectivity index (χ4n) is 13.2. The molecule has 2 bridgehead atoms. The number of aromatic nitrogens is 1. The summed E-state index contributed by atoms with van der Waals surface area (Å²) < 4.78 is 17.6. The van der Waals surface area contributed by atoms with Crippen LogP contribution in [0.5, 0.6) is 5.75 Å². The summed E-state index contributed by atoms with van der Waals surface area (Å²) in [5.41, 5.74) is -1.43. The van der Waals surface area contributed by atoms with Crippen LogP contribution in [-0.4, -0.2) is 133 Å². The number of aliphatic hydroxyl groups is 3. The molecule has 2 aromatic carbocycles. The molecule has 1 aromatic heterocycles. The number of esters is 2. The Morgan fingerprint density at radius 1 is 0.964 bits per heavy atom. The molecule has 6 aliphatic rings. The van der Waals surface area contributed by atoms with Crippen LogP contribution >= 0.6 is 0 Å². The molecule has 3 aromatic rings. The van der Waals surface area contributed by atoms with Crippen LogP contribution in [0.2, 0.25) is 0 Å². The lowest BCUT2D eigenvalue weighted by Crippen LogP contribution is -2.80. The molecule has 4 N–H and O–H groups in total. The number of hydrogen-bond donors (Lipinski definition) is 4. The van der Waals surface area contributed by atoms with Crippen LogP contribution in [-0.2, 0) is 36.3 Å². The predicted molar refractivity (Wildman–Crippen MR) is 211 cm³/mol. The number of fused-ring (bicyclic) bond motifs is 6. The summed E-state index contributed by atoms with van der Waals surface area (Å²) in [5.74, 6) is -0.908. The molecule has 1 saturated carbocycles. The van der Waals surface area contributed by atoms with Gasteiger partial charge in [0.15, 0.2) is 0 Å². The maximum Gasteiger partial charge on any atom is 0.342 e. The molecule has 56 heavy (non-hydrogen) atoms. The lowest BCUT2D eigenvalue weighted by atomic mass is 9.47. The monoisotopic (exact) mass is 768 g/mol. The van der Waals surface area contributed by atoms with Crippen molar-refractivity contribution in [2.45, 2.75) is 92.6 Å². The summed E-state index contributed by atoms with van der Waals surface area (Å²) in [7, 11) is 6.17. The lowest BCUT2D eigenvalue weighted by molar-refractivity contribution is -0.218. The number of anilines is 1. The van der Waals surface area contributed by atoms with Gasteiger partial charge in [-0.05, 0) is 74.2 Å². The van der Waals surface area contributed by atoms with Gasteiger partial charge in [-0.2, -0.15) is 0 Å². The number of rotatable bonds is 6. The molecule has 2 saturated heterocycles. The van der Waals surface area contributed by atoms with E-state index in [0.29, 0.717) is 69.5 Å². The summed E-state index contributed by atoms with van der Waals surface area (Å²) in [6, 6.07) is 11.1. The number of aromatic amines is 1. The van der Waals surface area contributed by atoms with Gasteiger partial charge in [0.25, 0.3) is 0 Å². The van der Waals surface area contributed by atoms with E-state index in [2.05, 4.69) is 26.9 Å². The third-order valence-electron chi connectivity index (χ3n) is 15.4. The minimum atomic E-state index is -2.29. The molecule has 12 nitrogen and oxygen atoms in total. The number of carbonyl (C=O) groups is 2. The van der Waals surface area contributed by atoms with E-state index in [1.54, 1.807) is 7.11 Å². The first-order valence-corrected chi connectivity index (χ1v) is 20.3. The van der Waals surface area contributed by atoms with E-state index in [-0.39, 0.29) is 12.0 Å². The van der Waals surface area contributed by atoms with Crippen molar-refractivity contribution < 1.29 is 39.1 Å². The number of benzene rings is 2. The SMILES string of the molecule is CC[C@]1(O)C[C@@H]2CN(CCc3c([nH]c4ccccc34)[C@@](C(=O)OC)(c3cc4c(cc3OC)N(C)C3C45CCN4CC=C[C@](CC)(C45)[C@@H](O)[C@]3(O)C(=O)OC)C2)C1. The Hall–Kier alpha value is -3.94. The highest BCUT2D eigenvalue weighted by molar-refractivity contribution is 5.95. The highest BCUT2D eigenvalue weighted by atomic mass is 16.5. The smallest absolute Gasteiger partial charge is 0.342 e. The average Bonchev–Trinajstić information content (AvgIpc) is 3.87. The summed E-state index contributed by atoms with van der Waals surface area (Å²) in [5, 5.41) is 38.3. The van der Waals surface area contributed by atoms with Gasteiger partial charge in [-0.1, -0.05) is 44.2 Å². The van der Waals surface area contributed by atoms with Crippen LogP contribution in [0.25, 0.3) is 10.9 Å². The molecular weight excluding hydrogens is 713 g/mol. The van der Waals surface area contributed by atoms with Gasteiger partial charge >= 0.3 is 11.9 Å². The maximum atomic E-state index is 15.2. The fraction of sp³-hybridized carbons (Fsp3) is 0.591. The second kappa shape index (κ2) is 12.8. The van der Waals surface area contributed by atoms with E-state index in [4.69, 9.17) is 14.2 Å².